The van der Waals surface area contributed by atoms with Gasteiger partial charge in [0, 0.05) is 6.54 Å². The quantitative estimate of drug-likeness (QED) is 0.766. The van der Waals surface area contributed by atoms with E-state index in [0.29, 0.717) is 17.2 Å². The molecule has 6 nitrogen and oxygen atoms in total. The lowest BCUT2D eigenvalue weighted by atomic mass is 10.1. The van der Waals surface area contributed by atoms with Gasteiger partial charge in [0.2, 0.25) is 0 Å². The van der Waals surface area contributed by atoms with Crippen molar-refractivity contribution in [1.29, 1.82) is 0 Å². The first kappa shape index (κ1) is 12.4. The van der Waals surface area contributed by atoms with Gasteiger partial charge in [-0.05, 0) is 24.1 Å². The highest BCUT2D eigenvalue weighted by molar-refractivity contribution is 5.68. The SMILES string of the molecule is COc1ccc(CCNc2nc3cncnc3o2)cc1. The second kappa shape index (κ2) is 5.56. The maximum Gasteiger partial charge on any atom is 0.297 e. The van der Waals surface area contributed by atoms with E-state index in [2.05, 4.69) is 20.3 Å². The highest BCUT2D eigenvalue weighted by Crippen LogP contribution is 2.15. The summed E-state index contributed by atoms with van der Waals surface area (Å²) in [6.07, 6.45) is 3.93. The number of hydrogen-bond donors (Lipinski definition) is 1. The number of nitrogens with zero attached hydrogens (tertiary/aromatic N) is 3. The first-order valence-electron chi connectivity index (χ1n) is 6.28. The molecule has 20 heavy (non-hydrogen) atoms. The Bertz CT molecular complexity index is 661. The molecule has 0 aliphatic rings. The average Bonchev–Trinajstić information content (AvgIpc) is 2.90. The second-order valence-corrected chi connectivity index (χ2v) is 4.26. The molecule has 0 unspecified atom stereocenters. The summed E-state index contributed by atoms with van der Waals surface area (Å²) in [4.78, 5) is 12.1. The molecule has 0 saturated heterocycles. The minimum absolute atomic E-state index is 0.467. The van der Waals surface area contributed by atoms with Crippen LogP contribution >= 0.6 is 0 Å². The van der Waals surface area contributed by atoms with Gasteiger partial charge in [0.05, 0.1) is 13.3 Å². The summed E-state index contributed by atoms with van der Waals surface area (Å²) in [7, 11) is 1.66. The zero-order chi connectivity index (χ0) is 13.8. The summed E-state index contributed by atoms with van der Waals surface area (Å²) in [5, 5.41) is 3.13. The Morgan fingerprint density at radius 2 is 2.10 bits per heavy atom. The molecule has 0 atom stereocenters. The van der Waals surface area contributed by atoms with Crippen LogP contribution in [0, 0.1) is 0 Å². The Hall–Kier alpha value is -2.63. The summed E-state index contributed by atoms with van der Waals surface area (Å²) in [5.74, 6) is 0.860. The van der Waals surface area contributed by atoms with Crippen LogP contribution in [0.4, 0.5) is 6.01 Å². The van der Waals surface area contributed by atoms with Gasteiger partial charge in [-0.25, -0.2) is 4.98 Å². The number of nitrogens with one attached hydrogen (secondary N) is 1. The van der Waals surface area contributed by atoms with E-state index in [0.717, 1.165) is 18.7 Å². The highest BCUT2D eigenvalue weighted by Gasteiger charge is 2.05. The van der Waals surface area contributed by atoms with E-state index in [1.807, 2.05) is 24.3 Å². The molecule has 1 aromatic carbocycles. The number of aromatic nitrogens is 3. The first-order chi connectivity index (χ1) is 9.85. The smallest absolute Gasteiger partial charge is 0.297 e. The van der Waals surface area contributed by atoms with Crippen molar-refractivity contribution in [3.05, 3.63) is 42.4 Å². The molecule has 0 radical (unpaired) electrons. The zero-order valence-corrected chi connectivity index (χ0v) is 11.0. The van der Waals surface area contributed by atoms with E-state index in [-0.39, 0.29) is 0 Å². The van der Waals surface area contributed by atoms with Crippen LogP contribution < -0.4 is 10.1 Å². The molecule has 0 saturated carbocycles. The first-order valence-corrected chi connectivity index (χ1v) is 6.28. The van der Waals surface area contributed by atoms with Crippen LogP contribution in [-0.2, 0) is 6.42 Å². The van der Waals surface area contributed by atoms with Crippen molar-refractivity contribution >= 4 is 17.2 Å². The normalized spacial score (nSPS) is 10.7. The Kier molecular flexibility index (Phi) is 3.45. The molecular weight excluding hydrogens is 256 g/mol. The third kappa shape index (κ3) is 2.69. The van der Waals surface area contributed by atoms with Gasteiger partial charge in [-0.1, -0.05) is 12.1 Å². The number of oxazole rings is 1. The van der Waals surface area contributed by atoms with Crippen LogP contribution in [0.1, 0.15) is 5.56 Å². The van der Waals surface area contributed by atoms with Crippen molar-refractivity contribution in [3.63, 3.8) is 0 Å². The van der Waals surface area contributed by atoms with Crippen molar-refractivity contribution in [2.45, 2.75) is 6.42 Å². The van der Waals surface area contributed by atoms with E-state index in [1.54, 1.807) is 13.3 Å². The van der Waals surface area contributed by atoms with E-state index < -0.39 is 0 Å². The van der Waals surface area contributed by atoms with Crippen molar-refractivity contribution in [1.82, 2.24) is 15.0 Å². The molecule has 0 spiro atoms. The topological polar surface area (TPSA) is 73.1 Å². The number of hydrogen-bond acceptors (Lipinski definition) is 6. The van der Waals surface area contributed by atoms with Crippen LogP contribution in [0.5, 0.6) is 5.75 Å². The van der Waals surface area contributed by atoms with E-state index in [4.69, 9.17) is 9.15 Å². The van der Waals surface area contributed by atoms with Crippen LogP contribution in [0.15, 0.2) is 41.2 Å². The Balaban J connectivity index is 1.58. The van der Waals surface area contributed by atoms with Gasteiger partial charge in [-0.15, -0.1) is 0 Å². The number of ether oxygens (including phenoxy) is 1. The molecule has 0 aliphatic carbocycles. The van der Waals surface area contributed by atoms with Crippen LogP contribution in [0.25, 0.3) is 11.2 Å². The molecule has 102 valence electrons. The van der Waals surface area contributed by atoms with E-state index in [9.17, 15) is 0 Å². The lowest BCUT2D eigenvalue weighted by molar-refractivity contribution is 0.414. The Morgan fingerprint density at radius 3 is 2.85 bits per heavy atom. The molecule has 0 bridgehead atoms. The van der Waals surface area contributed by atoms with Gasteiger partial charge < -0.3 is 14.5 Å². The molecule has 1 N–H and O–H groups in total. The predicted octanol–water partition coefficient (Wildman–Crippen LogP) is 2.28. The van der Waals surface area contributed by atoms with Gasteiger partial charge in [-0.3, -0.25) is 0 Å². The van der Waals surface area contributed by atoms with Crippen molar-refractivity contribution in [2.24, 2.45) is 0 Å². The van der Waals surface area contributed by atoms with E-state index >= 15 is 0 Å². The number of methoxy groups -OCH3 is 1. The summed E-state index contributed by atoms with van der Waals surface area (Å²) >= 11 is 0. The molecule has 3 rings (SSSR count). The summed E-state index contributed by atoms with van der Waals surface area (Å²) in [6.45, 7) is 0.729. The lowest BCUT2D eigenvalue weighted by Crippen LogP contribution is -2.04. The molecule has 6 heteroatoms. The highest BCUT2D eigenvalue weighted by atomic mass is 16.5. The number of rotatable bonds is 5. The standard InChI is InChI=1S/C14H14N4O2/c1-19-11-4-2-10(3-5-11)6-7-16-14-18-12-8-15-9-17-13(12)20-14/h2-5,8-9H,6-7H2,1H3,(H,16,18). The summed E-state index contributed by atoms with van der Waals surface area (Å²) < 4.78 is 10.6. The largest absolute Gasteiger partial charge is 0.497 e. The average molecular weight is 270 g/mol. The maximum atomic E-state index is 5.45. The van der Waals surface area contributed by atoms with E-state index in [1.165, 1.54) is 11.9 Å². The lowest BCUT2D eigenvalue weighted by Gasteiger charge is -2.03. The minimum Gasteiger partial charge on any atom is -0.497 e. The Labute approximate surface area is 115 Å². The van der Waals surface area contributed by atoms with Gasteiger partial charge in [-0.2, -0.15) is 9.97 Å². The molecule has 0 fully saturated rings. The molecule has 2 heterocycles. The number of anilines is 1. The summed E-state index contributed by atoms with van der Waals surface area (Å²) in [5.41, 5.74) is 2.36. The zero-order valence-electron chi connectivity index (χ0n) is 11.0. The van der Waals surface area contributed by atoms with Crippen molar-refractivity contribution in [2.75, 3.05) is 19.0 Å². The summed E-state index contributed by atoms with van der Waals surface area (Å²) in [6, 6.07) is 8.44. The van der Waals surface area contributed by atoms with Gasteiger partial charge >= 0.3 is 0 Å². The molecule has 2 aromatic heterocycles. The predicted molar refractivity (Wildman–Crippen MR) is 74.8 cm³/mol. The van der Waals surface area contributed by atoms with Crippen LogP contribution in [0.3, 0.4) is 0 Å². The van der Waals surface area contributed by atoms with Crippen LogP contribution in [-0.4, -0.2) is 28.6 Å². The fourth-order valence-corrected chi connectivity index (χ4v) is 1.87. The van der Waals surface area contributed by atoms with Gasteiger partial charge in [0.25, 0.3) is 11.7 Å². The molecule has 3 aromatic rings. The fourth-order valence-electron chi connectivity index (χ4n) is 1.87. The van der Waals surface area contributed by atoms with Crippen molar-refractivity contribution < 1.29 is 9.15 Å². The minimum atomic E-state index is 0.467. The third-order valence-corrected chi connectivity index (χ3v) is 2.92. The van der Waals surface area contributed by atoms with Crippen LogP contribution in [0.2, 0.25) is 0 Å². The number of benzene rings is 1. The Morgan fingerprint density at radius 1 is 1.25 bits per heavy atom. The molecule has 0 amide bonds. The monoisotopic (exact) mass is 270 g/mol. The fraction of sp³-hybridized carbons (Fsp3) is 0.214. The molecule has 0 aliphatic heterocycles. The van der Waals surface area contributed by atoms with Gasteiger partial charge in [0.15, 0.2) is 0 Å². The number of fused-ring (bicyclic) bond motifs is 1. The molecular formula is C14H14N4O2. The third-order valence-electron chi connectivity index (χ3n) is 2.92. The van der Waals surface area contributed by atoms with Crippen molar-refractivity contribution in [3.8, 4) is 5.75 Å². The second-order valence-electron chi connectivity index (χ2n) is 4.26. The maximum absolute atomic E-state index is 5.45. The van der Waals surface area contributed by atoms with Gasteiger partial charge in [0.1, 0.15) is 17.6 Å².